The molecule has 43 heavy (non-hydrogen) atoms. The Morgan fingerprint density at radius 3 is 1.95 bits per heavy atom. The van der Waals surface area contributed by atoms with Crippen LogP contribution < -0.4 is 9.16 Å². The standard InChI is InChI=1S/C36H41FO4SSi/c1-24(2)43(25(3)4,26(5)6)41-31-18-14-28(15-19-31)35(39)36(29-12-16-30(37)17-13-29)42-34-22-32(20-21-33(34)38)40-23-27-10-8-7-9-11-27/h7-22,24-26,36,38H,23H2,1-6H3. The van der Waals surface area contributed by atoms with Crippen LogP contribution in [0.5, 0.6) is 17.2 Å². The minimum Gasteiger partial charge on any atom is -0.543 e. The van der Waals surface area contributed by atoms with Crippen molar-refractivity contribution in [2.45, 2.75) is 74.9 Å². The van der Waals surface area contributed by atoms with Crippen LogP contribution in [0.15, 0.2) is 102 Å². The molecule has 4 nitrogen and oxygen atoms in total. The number of Topliss-reactive ketones (excluding diaryl/α,β-unsaturated/α-hetero) is 1. The molecule has 0 aliphatic carbocycles. The van der Waals surface area contributed by atoms with Crippen molar-refractivity contribution in [1.29, 1.82) is 0 Å². The zero-order valence-corrected chi connectivity index (χ0v) is 27.5. The molecule has 0 saturated carbocycles. The maximum Gasteiger partial charge on any atom is 0.258 e. The quantitative estimate of drug-likeness (QED) is 0.0920. The van der Waals surface area contributed by atoms with Crippen LogP contribution in [0.3, 0.4) is 0 Å². The Balaban J connectivity index is 1.60. The normalized spacial score (nSPS) is 12.5. The number of rotatable bonds is 13. The number of halogens is 1. The number of ether oxygens (including phenoxy) is 1. The molecule has 4 aromatic rings. The number of ketones is 1. The maximum absolute atomic E-state index is 14.0. The highest BCUT2D eigenvalue weighted by molar-refractivity contribution is 8.00. The number of benzene rings is 4. The molecule has 1 unspecified atom stereocenters. The largest absolute Gasteiger partial charge is 0.543 e. The van der Waals surface area contributed by atoms with Gasteiger partial charge in [-0.15, -0.1) is 11.8 Å². The van der Waals surface area contributed by atoms with Crippen LogP contribution in [-0.2, 0) is 6.61 Å². The van der Waals surface area contributed by atoms with Crippen LogP contribution >= 0.6 is 11.8 Å². The van der Waals surface area contributed by atoms with E-state index in [9.17, 15) is 14.3 Å². The number of carbonyl (C=O) groups is 1. The van der Waals surface area contributed by atoms with E-state index in [-0.39, 0.29) is 17.3 Å². The fraction of sp³-hybridized carbons (Fsp3) is 0.306. The third-order valence-corrected chi connectivity index (χ3v) is 15.3. The lowest BCUT2D eigenvalue weighted by Crippen LogP contribution is -2.50. The molecular formula is C36H41FO4SSi. The van der Waals surface area contributed by atoms with Gasteiger partial charge in [0, 0.05) is 5.56 Å². The second-order valence-electron chi connectivity index (χ2n) is 11.8. The summed E-state index contributed by atoms with van der Waals surface area (Å²) in [5, 5.41) is 10.0. The first kappa shape index (κ1) is 32.4. The summed E-state index contributed by atoms with van der Waals surface area (Å²) in [5.41, 5.74) is 3.44. The van der Waals surface area contributed by atoms with Crippen LogP contribution in [0.1, 0.15) is 68.3 Å². The molecule has 0 aliphatic rings. The average Bonchev–Trinajstić information content (AvgIpc) is 2.99. The summed E-state index contributed by atoms with van der Waals surface area (Å²) in [7, 11) is -2.15. The number of thioether (sulfide) groups is 1. The van der Waals surface area contributed by atoms with Crippen LogP contribution in [0, 0.1) is 5.82 Å². The van der Waals surface area contributed by atoms with Crippen LogP contribution in [0.25, 0.3) is 0 Å². The van der Waals surface area contributed by atoms with E-state index < -0.39 is 13.6 Å². The molecule has 0 heterocycles. The van der Waals surface area contributed by atoms with Gasteiger partial charge in [0.2, 0.25) is 0 Å². The monoisotopic (exact) mass is 616 g/mol. The van der Waals surface area contributed by atoms with Crippen LogP contribution in [0.4, 0.5) is 4.39 Å². The molecule has 226 valence electrons. The molecule has 0 bridgehead atoms. The lowest BCUT2D eigenvalue weighted by Gasteiger charge is -2.42. The molecule has 0 aliphatic heterocycles. The molecule has 4 aromatic carbocycles. The van der Waals surface area contributed by atoms with Gasteiger partial charge in [0.1, 0.15) is 29.7 Å². The molecule has 0 radical (unpaired) electrons. The van der Waals surface area contributed by atoms with E-state index >= 15 is 0 Å². The summed E-state index contributed by atoms with van der Waals surface area (Å²) in [6.45, 7) is 13.8. The van der Waals surface area contributed by atoms with E-state index in [1.807, 2.05) is 42.5 Å². The SMILES string of the molecule is CC(C)[Si](Oc1ccc(C(=O)C(Sc2cc(OCc3ccccc3)ccc2O)c2ccc(F)cc2)cc1)(C(C)C)C(C)C. The first-order valence-electron chi connectivity index (χ1n) is 14.8. The van der Waals surface area contributed by atoms with Gasteiger partial charge in [-0.05, 0) is 82.3 Å². The highest BCUT2D eigenvalue weighted by Crippen LogP contribution is 2.45. The molecule has 0 amide bonds. The van der Waals surface area contributed by atoms with Crippen molar-refractivity contribution in [2.75, 3.05) is 0 Å². The van der Waals surface area contributed by atoms with Crippen molar-refractivity contribution < 1.29 is 23.5 Å². The van der Waals surface area contributed by atoms with Gasteiger partial charge >= 0.3 is 0 Å². The van der Waals surface area contributed by atoms with Crippen molar-refractivity contribution in [3.05, 3.63) is 120 Å². The van der Waals surface area contributed by atoms with Gasteiger partial charge in [-0.2, -0.15) is 0 Å². The van der Waals surface area contributed by atoms with E-state index in [2.05, 4.69) is 41.5 Å². The fourth-order valence-electron chi connectivity index (χ4n) is 5.85. The van der Waals surface area contributed by atoms with E-state index in [0.717, 1.165) is 11.3 Å². The van der Waals surface area contributed by atoms with Gasteiger partial charge < -0.3 is 14.3 Å². The third-order valence-electron chi connectivity index (χ3n) is 7.98. The number of hydrogen-bond donors (Lipinski definition) is 1. The molecule has 0 fully saturated rings. The third kappa shape index (κ3) is 7.70. The van der Waals surface area contributed by atoms with E-state index in [1.165, 1.54) is 23.9 Å². The highest BCUT2D eigenvalue weighted by atomic mass is 32.2. The zero-order chi connectivity index (χ0) is 31.1. The van der Waals surface area contributed by atoms with Crippen molar-refractivity contribution in [1.82, 2.24) is 0 Å². The number of carbonyl (C=O) groups excluding carboxylic acids is 1. The van der Waals surface area contributed by atoms with Gasteiger partial charge in [-0.25, -0.2) is 4.39 Å². The molecule has 1 N–H and O–H groups in total. The zero-order valence-electron chi connectivity index (χ0n) is 25.7. The predicted molar refractivity (Wildman–Crippen MR) is 176 cm³/mol. The number of hydrogen-bond acceptors (Lipinski definition) is 5. The second-order valence-corrected chi connectivity index (χ2v) is 18.3. The second kappa shape index (κ2) is 14.3. The van der Waals surface area contributed by atoms with Crippen molar-refractivity contribution in [3.63, 3.8) is 0 Å². The summed E-state index contributed by atoms with van der Waals surface area (Å²) in [4.78, 5) is 14.5. The Hall–Kier alpha value is -3.55. The van der Waals surface area contributed by atoms with E-state index in [0.29, 0.717) is 45.0 Å². The van der Waals surface area contributed by atoms with Gasteiger partial charge in [0.25, 0.3) is 8.32 Å². The molecule has 0 saturated heterocycles. The highest BCUT2D eigenvalue weighted by Gasteiger charge is 2.47. The first-order valence-corrected chi connectivity index (χ1v) is 17.8. The Morgan fingerprint density at radius 2 is 1.37 bits per heavy atom. The Morgan fingerprint density at radius 1 is 0.791 bits per heavy atom. The van der Waals surface area contributed by atoms with Crippen molar-refractivity contribution >= 4 is 25.9 Å². The lowest BCUT2D eigenvalue weighted by molar-refractivity contribution is 0.0989. The number of phenolic OH excluding ortho intramolecular Hbond substituents is 1. The van der Waals surface area contributed by atoms with E-state index in [4.69, 9.17) is 9.16 Å². The molecule has 4 rings (SSSR count). The molecular weight excluding hydrogens is 576 g/mol. The minimum atomic E-state index is -2.15. The number of phenols is 1. The smallest absolute Gasteiger partial charge is 0.258 e. The van der Waals surface area contributed by atoms with Gasteiger partial charge in [-0.1, -0.05) is 84.0 Å². The van der Waals surface area contributed by atoms with Crippen molar-refractivity contribution in [3.8, 4) is 17.2 Å². The maximum atomic E-state index is 14.0. The van der Waals surface area contributed by atoms with Gasteiger partial charge in [0.05, 0.1) is 10.1 Å². The first-order chi connectivity index (χ1) is 20.5. The van der Waals surface area contributed by atoms with Crippen LogP contribution in [-0.4, -0.2) is 19.2 Å². The lowest BCUT2D eigenvalue weighted by atomic mass is 10.0. The predicted octanol–water partition coefficient (Wildman–Crippen LogP) is 10.4. The average molecular weight is 617 g/mol. The summed E-state index contributed by atoms with van der Waals surface area (Å²) < 4.78 is 26.6. The topological polar surface area (TPSA) is 55.8 Å². The Kier molecular flexibility index (Phi) is 10.7. The van der Waals surface area contributed by atoms with Crippen LogP contribution in [0.2, 0.25) is 16.6 Å². The Labute approximate surface area is 260 Å². The summed E-state index contributed by atoms with van der Waals surface area (Å²) in [6.07, 6.45) is 0. The van der Waals surface area contributed by atoms with Gasteiger partial charge in [-0.3, -0.25) is 4.79 Å². The fourth-order valence-corrected chi connectivity index (χ4v) is 12.3. The summed E-state index contributed by atoms with van der Waals surface area (Å²) in [6, 6.07) is 28.1. The van der Waals surface area contributed by atoms with E-state index in [1.54, 1.807) is 42.5 Å². The molecule has 0 spiro atoms. The molecule has 7 heteroatoms. The number of aromatic hydroxyl groups is 1. The summed E-state index contributed by atoms with van der Waals surface area (Å²) in [5.74, 6) is 0.848. The molecule has 1 atom stereocenters. The Bertz CT molecular complexity index is 1470. The van der Waals surface area contributed by atoms with Gasteiger partial charge in [0.15, 0.2) is 5.78 Å². The summed E-state index contributed by atoms with van der Waals surface area (Å²) >= 11 is 1.21. The van der Waals surface area contributed by atoms with Crippen molar-refractivity contribution in [2.24, 2.45) is 0 Å². The minimum absolute atomic E-state index is 0.0399. The molecule has 0 aromatic heterocycles.